The third kappa shape index (κ3) is 4.11. The van der Waals surface area contributed by atoms with Gasteiger partial charge in [-0.05, 0) is 18.2 Å². The minimum atomic E-state index is -0.401. The minimum Gasteiger partial charge on any atom is -0.483 e. The fourth-order valence-corrected chi connectivity index (χ4v) is 2.59. The molecule has 3 rings (SSSR count). The second-order valence-electron chi connectivity index (χ2n) is 5.71. The maximum Gasteiger partial charge on any atom is 0.267 e. The lowest BCUT2D eigenvalue weighted by Crippen LogP contribution is -2.42. The van der Waals surface area contributed by atoms with Crippen LogP contribution in [0, 0.1) is 5.82 Å². The van der Waals surface area contributed by atoms with Gasteiger partial charge in [0, 0.05) is 38.0 Å². The van der Waals surface area contributed by atoms with Gasteiger partial charge < -0.3 is 15.0 Å². The number of carbonyl (C=O) groups is 3. The molecule has 0 aliphatic carbocycles. The first kappa shape index (κ1) is 16.9. The van der Waals surface area contributed by atoms with Crippen molar-refractivity contribution < 1.29 is 23.5 Å². The van der Waals surface area contributed by atoms with Gasteiger partial charge in [-0.3, -0.25) is 14.4 Å². The number of fused-ring (bicyclic) bond motifs is 1. The Balaban J connectivity index is 1.56. The molecule has 2 aliphatic heterocycles. The van der Waals surface area contributed by atoms with Gasteiger partial charge in [0.05, 0.1) is 0 Å². The Hall–Kier alpha value is -2.97. The summed E-state index contributed by atoms with van der Waals surface area (Å²) in [4.78, 5) is 36.6. The van der Waals surface area contributed by atoms with E-state index in [2.05, 4.69) is 15.8 Å². The molecule has 0 saturated carbocycles. The summed E-state index contributed by atoms with van der Waals surface area (Å²) in [5.41, 5.74) is 3.08. The van der Waals surface area contributed by atoms with Gasteiger partial charge in [-0.2, -0.15) is 5.10 Å². The van der Waals surface area contributed by atoms with Crippen LogP contribution in [-0.2, 0) is 20.9 Å². The summed E-state index contributed by atoms with van der Waals surface area (Å²) in [5, 5.41) is 6.37. The molecule has 2 heterocycles. The van der Waals surface area contributed by atoms with Crippen molar-refractivity contribution in [3.63, 3.8) is 0 Å². The largest absolute Gasteiger partial charge is 0.483 e. The van der Waals surface area contributed by atoms with Gasteiger partial charge in [0.1, 0.15) is 17.3 Å². The number of rotatable bonds is 4. The maximum absolute atomic E-state index is 13.4. The van der Waals surface area contributed by atoms with E-state index in [4.69, 9.17) is 4.74 Å². The smallest absolute Gasteiger partial charge is 0.267 e. The zero-order valence-corrected chi connectivity index (χ0v) is 13.4. The second-order valence-corrected chi connectivity index (χ2v) is 5.71. The molecule has 0 fully saturated rings. The van der Waals surface area contributed by atoms with Gasteiger partial charge in [-0.25, -0.2) is 9.82 Å². The highest BCUT2D eigenvalue weighted by Crippen LogP contribution is 2.24. The van der Waals surface area contributed by atoms with Crippen LogP contribution < -0.4 is 15.5 Å². The summed E-state index contributed by atoms with van der Waals surface area (Å²) in [6.45, 7) is 0.538. The molecule has 2 N–H and O–H groups in total. The Labute approximate surface area is 143 Å². The van der Waals surface area contributed by atoms with Crippen LogP contribution in [0.25, 0.3) is 0 Å². The van der Waals surface area contributed by atoms with Crippen molar-refractivity contribution in [3.8, 4) is 5.75 Å². The predicted molar refractivity (Wildman–Crippen MR) is 85.1 cm³/mol. The number of hydrogen-bond donors (Lipinski definition) is 2. The van der Waals surface area contributed by atoms with Crippen molar-refractivity contribution in [2.24, 2.45) is 5.10 Å². The van der Waals surface area contributed by atoms with Crippen molar-refractivity contribution in [2.45, 2.75) is 19.4 Å². The van der Waals surface area contributed by atoms with E-state index >= 15 is 0 Å². The molecule has 0 bridgehead atoms. The van der Waals surface area contributed by atoms with Crippen LogP contribution in [0.15, 0.2) is 23.3 Å². The Kier molecular flexibility index (Phi) is 4.92. The first-order valence-corrected chi connectivity index (χ1v) is 7.85. The number of nitrogens with one attached hydrogen (secondary N) is 2. The summed E-state index contributed by atoms with van der Waals surface area (Å²) in [5.74, 6) is -0.772. The Bertz CT molecular complexity index is 750. The third-order valence-electron chi connectivity index (χ3n) is 3.92. The number of carbonyl (C=O) groups excluding carboxylic acids is 3. The normalized spacial score (nSPS) is 17.0. The fraction of sp³-hybridized carbons (Fsp3) is 0.375. The van der Waals surface area contributed by atoms with Crippen molar-refractivity contribution in [2.75, 3.05) is 19.7 Å². The summed E-state index contributed by atoms with van der Waals surface area (Å²) in [7, 11) is 0. The van der Waals surface area contributed by atoms with Gasteiger partial charge >= 0.3 is 0 Å². The van der Waals surface area contributed by atoms with Crippen LogP contribution in [0.4, 0.5) is 4.39 Å². The van der Waals surface area contributed by atoms with E-state index in [1.54, 1.807) is 0 Å². The van der Waals surface area contributed by atoms with E-state index in [1.807, 2.05) is 0 Å². The highest BCUT2D eigenvalue weighted by molar-refractivity contribution is 6.39. The summed E-state index contributed by atoms with van der Waals surface area (Å²) >= 11 is 0. The van der Waals surface area contributed by atoms with Gasteiger partial charge in [0.25, 0.3) is 11.8 Å². The standard InChI is InChI=1S/C16H17FN4O4/c17-11-1-3-13-10(7-11)8-21(15(23)9-25-13)6-5-18-16(24)12-2-4-14(22)20-19-12/h1,3,7H,2,4-6,8-9H2,(H,18,24)(H,20,22). The van der Waals surface area contributed by atoms with Gasteiger partial charge in [0.15, 0.2) is 6.61 Å². The highest BCUT2D eigenvalue weighted by Gasteiger charge is 2.22. The first-order chi connectivity index (χ1) is 12.0. The number of ether oxygens (including phenoxy) is 1. The van der Waals surface area contributed by atoms with Crippen LogP contribution in [0.2, 0.25) is 0 Å². The van der Waals surface area contributed by atoms with Gasteiger partial charge in [-0.1, -0.05) is 0 Å². The highest BCUT2D eigenvalue weighted by atomic mass is 19.1. The number of benzene rings is 1. The molecule has 0 saturated heterocycles. The minimum absolute atomic E-state index is 0.134. The number of halogens is 1. The quantitative estimate of drug-likeness (QED) is 0.795. The topological polar surface area (TPSA) is 100 Å². The van der Waals surface area contributed by atoms with Crippen molar-refractivity contribution >= 4 is 23.4 Å². The molecule has 8 nitrogen and oxygen atoms in total. The zero-order chi connectivity index (χ0) is 17.8. The average molecular weight is 348 g/mol. The Morgan fingerprint density at radius 1 is 1.36 bits per heavy atom. The first-order valence-electron chi connectivity index (χ1n) is 7.85. The average Bonchev–Trinajstić information content (AvgIpc) is 2.74. The molecule has 0 atom stereocenters. The molecule has 132 valence electrons. The molecular formula is C16H17FN4O4. The van der Waals surface area contributed by atoms with Crippen LogP contribution in [0.5, 0.6) is 5.75 Å². The number of nitrogens with zero attached hydrogens (tertiary/aromatic N) is 2. The summed E-state index contributed by atoms with van der Waals surface area (Å²) in [6.07, 6.45) is 0.497. The molecule has 0 unspecified atom stereocenters. The fourth-order valence-electron chi connectivity index (χ4n) is 2.59. The Morgan fingerprint density at radius 2 is 2.20 bits per heavy atom. The lowest BCUT2D eigenvalue weighted by Gasteiger charge is -2.20. The van der Waals surface area contributed by atoms with Gasteiger partial charge in [-0.15, -0.1) is 0 Å². The van der Waals surface area contributed by atoms with E-state index < -0.39 is 5.82 Å². The molecule has 0 aromatic heterocycles. The molecule has 0 radical (unpaired) electrons. The summed E-state index contributed by atoms with van der Waals surface area (Å²) < 4.78 is 18.8. The molecule has 25 heavy (non-hydrogen) atoms. The third-order valence-corrected chi connectivity index (χ3v) is 3.92. The second kappa shape index (κ2) is 7.29. The molecule has 9 heteroatoms. The van der Waals surface area contributed by atoms with Crippen LogP contribution in [-0.4, -0.2) is 48.0 Å². The molecule has 3 amide bonds. The zero-order valence-electron chi connectivity index (χ0n) is 13.4. The molecule has 1 aromatic rings. The monoisotopic (exact) mass is 348 g/mol. The number of hydrogen-bond acceptors (Lipinski definition) is 5. The van der Waals surface area contributed by atoms with E-state index in [-0.39, 0.29) is 62.5 Å². The number of amides is 3. The predicted octanol–water partition coefficient (Wildman–Crippen LogP) is -0.0711. The van der Waals surface area contributed by atoms with Gasteiger partial charge in [0.2, 0.25) is 5.91 Å². The SMILES string of the molecule is O=C1CCC(C(=O)NCCN2Cc3cc(F)ccc3OCC2=O)=NN1. The van der Waals surface area contributed by atoms with E-state index in [9.17, 15) is 18.8 Å². The van der Waals surface area contributed by atoms with Crippen molar-refractivity contribution in [1.82, 2.24) is 15.6 Å². The van der Waals surface area contributed by atoms with Crippen LogP contribution >= 0.6 is 0 Å². The lowest BCUT2D eigenvalue weighted by molar-refractivity contribution is -0.133. The van der Waals surface area contributed by atoms with Crippen LogP contribution in [0.3, 0.4) is 0 Å². The maximum atomic E-state index is 13.4. The molecule has 2 aliphatic rings. The Morgan fingerprint density at radius 3 is 2.96 bits per heavy atom. The van der Waals surface area contributed by atoms with Crippen molar-refractivity contribution in [1.29, 1.82) is 0 Å². The van der Waals surface area contributed by atoms with Crippen molar-refractivity contribution in [3.05, 3.63) is 29.6 Å². The molecule has 0 spiro atoms. The van der Waals surface area contributed by atoms with Crippen LogP contribution in [0.1, 0.15) is 18.4 Å². The number of hydrazone groups is 1. The summed E-state index contributed by atoms with van der Waals surface area (Å²) in [6, 6.07) is 4.11. The lowest BCUT2D eigenvalue weighted by atomic mass is 10.1. The molecular weight excluding hydrogens is 331 g/mol. The van der Waals surface area contributed by atoms with E-state index in [1.165, 1.54) is 23.1 Å². The van der Waals surface area contributed by atoms with E-state index in [0.29, 0.717) is 11.3 Å². The molecule has 1 aromatic carbocycles. The van der Waals surface area contributed by atoms with E-state index in [0.717, 1.165) is 0 Å².